The maximum atomic E-state index is 4.02. The van der Waals surface area contributed by atoms with E-state index in [1.807, 2.05) is 43.5 Å². The summed E-state index contributed by atoms with van der Waals surface area (Å²) in [5.41, 5.74) is 5.26. The molecule has 0 aromatic heterocycles. The van der Waals surface area contributed by atoms with E-state index in [-0.39, 0.29) is 0 Å². The minimum absolute atomic E-state index is 0.696. The molecule has 1 saturated carbocycles. The second kappa shape index (κ2) is 25.8. The molecule has 1 atom stereocenters. The van der Waals surface area contributed by atoms with E-state index in [0.29, 0.717) is 5.92 Å². The van der Waals surface area contributed by atoms with Crippen molar-refractivity contribution in [2.45, 2.75) is 84.1 Å². The number of piperazine rings is 1. The highest BCUT2D eigenvalue weighted by molar-refractivity contribution is 5.45. The molecule has 0 spiro atoms. The van der Waals surface area contributed by atoms with E-state index in [1.165, 1.54) is 99.9 Å². The van der Waals surface area contributed by atoms with Crippen LogP contribution in [0.1, 0.15) is 87.8 Å². The van der Waals surface area contributed by atoms with Crippen molar-refractivity contribution in [3.8, 4) is 0 Å². The van der Waals surface area contributed by atoms with Gasteiger partial charge in [0.2, 0.25) is 0 Å². The monoisotopic (exact) mass is 574 g/mol. The highest BCUT2D eigenvalue weighted by Gasteiger charge is 2.24. The van der Waals surface area contributed by atoms with Crippen LogP contribution in [0, 0.1) is 6.92 Å². The molecule has 2 aliphatic rings. The van der Waals surface area contributed by atoms with Gasteiger partial charge in [0.05, 0.1) is 0 Å². The highest BCUT2D eigenvalue weighted by Crippen LogP contribution is 2.24. The summed E-state index contributed by atoms with van der Waals surface area (Å²) in [4.78, 5) is 5.12. The fraction of sp³-hybridized carbons (Fsp3) is 0.487. The van der Waals surface area contributed by atoms with Crippen LogP contribution in [0.5, 0.6) is 0 Å². The molecule has 0 bridgehead atoms. The molecule has 234 valence electrons. The molecular weight excluding hydrogens is 510 g/mol. The minimum atomic E-state index is 0.696. The Balaban J connectivity index is 0.000000588. The van der Waals surface area contributed by atoms with Crippen molar-refractivity contribution in [1.82, 2.24) is 15.1 Å². The predicted molar refractivity (Wildman–Crippen MR) is 191 cm³/mol. The van der Waals surface area contributed by atoms with Crippen molar-refractivity contribution >= 4 is 6.08 Å². The summed E-state index contributed by atoms with van der Waals surface area (Å²) in [6, 6.07) is 19.8. The number of aryl methyl sites for hydroxylation is 1. The molecule has 1 heterocycles. The first-order valence-electron chi connectivity index (χ1n) is 16.0. The van der Waals surface area contributed by atoms with Gasteiger partial charge in [0.1, 0.15) is 0 Å². The third-order valence-corrected chi connectivity index (χ3v) is 7.91. The van der Waals surface area contributed by atoms with Crippen LogP contribution in [-0.2, 0) is 0 Å². The maximum absolute atomic E-state index is 4.02. The number of rotatable bonds is 9. The molecule has 0 radical (unpaired) electrons. The largest absolute Gasteiger partial charge is 0.373 e. The van der Waals surface area contributed by atoms with Gasteiger partial charge in [-0.05, 0) is 70.2 Å². The maximum Gasteiger partial charge on any atom is 0.0303 e. The first kappa shape index (κ1) is 39.1. The molecule has 2 aromatic rings. The number of hydrogen-bond acceptors (Lipinski definition) is 3. The normalized spacial score (nSPS) is 15.5. The van der Waals surface area contributed by atoms with Crippen molar-refractivity contribution in [3.05, 3.63) is 116 Å². The van der Waals surface area contributed by atoms with Gasteiger partial charge in [-0.25, -0.2) is 0 Å². The van der Waals surface area contributed by atoms with E-state index >= 15 is 0 Å². The Hall–Kier alpha value is -2.88. The van der Waals surface area contributed by atoms with Crippen LogP contribution in [0.2, 0.25) is 0 Å². The highest BCUT2D eigenvalue weighted by atomic mass is 15.3. The second-order valence-electron chi connectivity index (χ2n) is 11.1. The zero-order valence-electron chi connectivity index (χ0n) is 27.8. The number of nitrogens with one attached hydrogen (secondary N) is 1. The molecule has 1 saturated heterocycles. The predicted octanol–water partition coefficient (Wildman–Crippen LogP) is 9.89. The molecule has 1 N–H and O–H groups in total. The Labute approximate surface area is 261 Å². The van der Waals surface area contributed by atoms with Crippen molar-refractivity contribution in [2.24, 2.45) is 0 Å². The Morgan fingerprint density at radius 1 is 0.905 bits per heavy atom. The molecule has 3 nitrogen and oxygen atoms in total. The van der Waals surface area contributed by atoms with Crippen LogP contribution in [0.3, 0.4) is 0 Å². The molecule has 2 aromatic carbocycles. The number of benzene rings is 2. The lowest BCUT2D eigenvalue weighted by Gasteiger charge is -2.41. The van der Waals surface area contributed by atoms with E-state index in [9.17, 15) is 0 Å². The topological polar surface area (TPSA) is 18.5 Å². The van der Waals surface area contributed by atoms with Crippen molar-refractivity contribution in [2.75, 3.05) is 39.8 Å². The van der Waals surface area contributed by atoms with E-state index in [2.05, 4.69) is 99.6 Å². The second-order valence-corrected chi connectivity index (χ2v) is 11.1. The van der Waals surface area contributed by atoms with Gasteiger partial charge in [-0.2, -0.15) is 0 Å². The first-order chi connectivity index (χ1) is 20.4. The summed E-state index contributed by atoms with van der Waals surface area (Å²) in [6.07, 6.45) is 13.0. The van der Waals surface area contributed by atoms with Gasteiger partial charge in [-0.3, -0.25) is 4.90 Å². The third-order valence-electron chi connectivity index (χ3n) is 7.91. The lowest BCUT2D eigenvalue weighted by molar-refractivity contribution is 0.0946. The van der Waals surface area contributed by atoms with Gasteiger partial charge in [-0.1, -0.05) is 112 Å². The summed E-state index contributed by atoms with van der Waals surface area (Å²) in [5, 5.41) is 3.19. The number of nitrogens with zero attached hydrogens (tertiary/aromatic N) is 2. The quantitative estimate of drug-likeness (QED) is 0.238. The average Bonchev–Trinajstić information content (AvgIpc) is 3.06. The van der Waals surface area contributed by atoms with E-state index in [4.69, 9.17) is 0 Å². The van der Waals surface area contributed by atoms with Crippen molar-refractivity contribution in [3.63, 3.8) is 0 Å². The van der Waals surface area contributed by atoms with Crippen molar-refractivity contribution < 1.29 is 0 Å². The van der Waals surface area contributed by atoms with Gasteiger partial charge in [-0.15, -0.1) is 26.3 Å². The Morgan fingerprint density at radius 3 is 2.02 bits per heavy atom. The zero-order valence-corrected chi connectivity index (χ0v) is 27.8. The molecule has 0 amide bonds. The van der Waals surface area contributed by atoms with Crippen LogP contribution in [0.25, 0.3) is 6.08 Å². The van der Waals surface area contributed by atoms with Gasteiger partial charge in [0.15, 0.2) is 0 Å². The van der Waals surface area contributed by atoms with E-state index in [1.54, 1.807) is 0 Å². The fourth-order valence-corrected chi connectivity index (χ4v) is 5.40. The minimum Gasteiger partial charge on any atom is -0.373 e. The summed E-state index contributed by atoms with van der Waals surface area (Å²) in [5.74, 6) is 0.696. The third kappa shape index (κ3) is 17.2. The SMILES string of the molecule is C=C.C=C.C=C(C)N1CCN(C2CCCCC2)CC1.C=Cc1ccccc1.CNCCCCC(C)c1cccc(C)c1. The molecule has 3 heteroatoms. The van der Waals surface area contributed by atoms with Gasteiger partial charge < -0.3 is 10.2 Å². The fourth-order valence-electron chi connectivity index (χ4n) is 5.40. The molecule has 1 aliphatic heterocycles. The summed E-state index contributed by atoms with van der Waals surface area (Å²) in [7, 11) is 2.02. The summed E-state index contributed by atoms with van der Waals surface area (Å²) < 4.78 is 0. The number of unbranched alkanes of at least 4 members (excludes halogenated alkanes) is 1. The first-order valence-corrected chi connectivity index (χ1v) is 16.0. The molecule has 2 fully saturated rings. The van der Waals surface area contributed by atoms with Gasteiger partial charge >= 0.3 is 0 Å². The molecule has 4 rings (SSSR count). The van der Waals surface area contributed by atoms with Gasteiger partial charge in [0.25, 0.3) is 0 Å². The Bertz CT molecular complexity index is 922. The van der Waals surface area contributed by atoms with Crippen LogP contribution in [-0.4, -0.2) is 55.6 Å². The smallest absolute Gasteiger partial charge is 0.0303 e. The van der Waals surface area contributed by atoms with Crippen LogP contribution < -0.4 is 5.32 Å². The standard InChI is InChI=1S/C14H23N.C13H24N2.C8H8.2C2H4/c1-12-7-6-9-14(11-12)13(2)8-4-5-10-15-3;1-12(2)14-8-10-15(11-9-14)13-6-4-3-5-7-13;1-2-8-6-4-3-5-7-8;2*1-2/h6-7,9,11,13,15H,4-5,8,10H2,1-3H3;13H,1,3-11H2,2H3;2-7H,1H2;2*1-2H2. The summed E-state index contributed by atoms with van der Waals surface area (Å²) >= 11 is 0. The Kier molecular flexibility index (Phi) is 24.0. The lowest BCUT2D eigenvalue weighted by atomic mass is 9.94. The number of allylic oxidation sites excluding steroid dienone is 1. The molecule has 42 heavy (non-hydrogen) atoms. The molecule has 1 aliphatic carbocycles. The zero-order chi connectivity index (χ0) is 31.6. The Morgan fingerprint density at radius 2 is 1.52 bits per heavy atom. The van der Waals surface area contributed by atoms with Gasteiger partial charge in [0, 0.05) is 37.9 Å². The van der Waals surface area contributed by atoms with Crippen LogP contribution >= 0.6 is 0 Å². The average molecular weight is 574 g/mol. The number of hydrogen-bond donors (Lipinski definition) is 1. The molecular formula is C39H63N3. The molecule has 1 unspecified atom stereocenters. The lowest BCUT2D eigenvalue weighted by Crippen LogP contribution is -2.49. The summed E-state index contributed by atoms with van der Waals surface area (Å²) in [6.45, 7) is 32.3. The van der Waals surface area contributed by atoms with Crippen LogP contribution in [0.15, 0.2) is 99.8 Å². The van der Waals surface area contributed by atoms with Crippen LogP contribution in [0.4, 0.5) is 0 Å². The van der Waals surface area contributed by atoms with Crippen molar-refractivity contribution in [1.29, 1.82) is 0 Å². The van der Waals surface area contributed by atoms with E-state index < -0.39 is 0 Å². The van der Waals surface area contributed by atoms with E-state index in [0.717, 1.165) is 12.6 Å².